The number of benzene rings is 1. The molecule has 4 rings (SSSR count). The highest BCUT2D eigenvalue weighted by Gasteiger charge is 2.28. The van der Waals surface area contributed by atoms with Gasteiger partial charge in [0.15, 0.2) is 0 Å². The van der Waals surface area contributed by atoms with Gasteiger partial charge in [0, 0.05) is 29.2 Å². The minimum absolute atomic E-state index is 0.599. The van der Waals surface area contributed by atoms with Crippen molar-refractivity contribution in [3.63, 3.8) is 0 Å². The Balaban J connectivity index is 1.50. The zero-order valence-electron chi connectivity index (χ0n) is 13.9. The maximum atomic E-state index is 5.93. The van der Waals surface area contributed by atoms with Crippen LogP contribution in [0.15, 0.2) is 30.5 Å². The summed E-state index contributed by atoms with van der Waals surface area (Å²) in [5.41, 5.74) is 8.04. The van der Waals surface area contributed by atoms with Gasteiger partial charge in [-0.2, -0.15) is 0 Å². The van der Waals surface area contributed by atoms with E-state index in [1.807, 2.05) is 12.3 Å². The average Bonchev–Trinajstić information content (AvgIpc) is 2.62. The topological polar surface area (TPSA) is 42.1 Å². The number of nitrogens with two attached hydrogens (primary N) is 1. The van der Waals surface area contributed by atoms with E-state index in [1.54, 1.807) is 0 Å². The molecule has 2 aliphatic rings. The largest absolute Gasteiger partial charge is 0.399 e. The van der Waals surface area contributed by atoms with Crippen LogP contribution in [-0.4, -0.2) is 29.0 Å². The van der Waals surface area contributed by atoms with E-state index in [1.165, 1.54) is 74.5 Å². The Bertz CT molecular complexity index is 668. The number of nitrogen functional groups attached to an aromatic ring is 1. The first-order valence-electron chi connectivity index (χ1n) is 9.19. The molecule has 1 saturated heterocycles. The molecular formula is C20H27N3. The minimum atomic E-state index is 0.599. The summed E-state index contributed by atoms with van der Waals surface area (Å²) in [5, 5.41) is 2.52. The number of anilines is 1. The number of rotatable bonds is 2. The molecule has 0 atom stereocenters. The minimum Gasteiger partial charge on any atom is -0.399 e. The molecule has 3 heteroatoms. The summed E-state index contributed by atoms with van der Waals surface area (Å²) in [5.74, 6) is 0.599. The molecule has 23 heavy (non-hydrogen) atoms. The molecule has 1 saturated carbocycles. The van der Waals surface area contributed by atoms with Gasteiger partial charge in [-0.3, -0.25) is 4.98 Å². The van der Waals surface area contributed by atoms with Crippen molar-refractivity contribution >= 4 is 16.5 Å². The lowest BCUT2D eigenvalue weighted by Crippen LogP contribution is -2.42. The summed E-state index contributed by atoms with van der Waals surface area (Å²) in [6.07, 6.45) is 11.6. The van der Waals surface area contributed by atoms with E-state index in [0.717, 1.165) is 11.7 Å². The first-order chi connectivity index (χ1) is 11.3. The number of aromatic nitrogens is 1. The number of nitrogens with zero attached hydrogens (tertiary/aromatic N) is 2. The predicted molar refractivity (Wildman–Crippen MR) is 96.6 cm³/mol. The molecule has 1 aliphatic carbocycles. The van der Waals surface area contributed by atoms with Gasteiger partial charge in [0.1, 0.15) is 0 Å². The SMILES string of the molecule is Nc1ccc2c(C3CCN(C4CCCCC4)CC3)nccc2c1. The predicted octanol–water partition coefficient (Wildman–Crippen LogP) is 4.33. The van der Waals surface area contributed by atoms with E-state index in [-0.39, 0.29) is 0 Å². The zero-order valence-corrected chi connectivity index (χ0v) is 13.9. The van der Waals surface area contributed by atoms with E-state index < -0.39 is 0 Å². The molecule has 2 N–H and O–H groups in total. The number of hydrogen-bond donors (Lipinski definition) is 1. The summed E-state index contributed by atoms with van der Waals surface area (Å²) in [6.45, 7) is 2.48. The molecule has 2 heterocycles. The molecule has 0 amide bonds. The maximum Gasteiger partial charge on any atom is 0.0513 e. The average molecular weight is 309 g/mol. The fraction of sp³-hybridized carbons (Fsp3) is 0.550. The number of hydrogen-bond acceptors (Lipinski definition) is 3. The molecule has 1 aromatic carbocycles. The fourth-order valence-electron chi connectivity index (χ4n) is 4.53. The Morgan fingerprint density at radius 1 is 0.957 bits per heavy atom. The van der Waals surface area contributed by atoms with Crippen molar-refractivity contribution in [3.05, 3.63) is 36.2 Å². The molecule has 0 bridgehead atoms. The number of piperidine rings is 1. The summed E-state index contributed by atoms with van der Waals surface area (Å²) >= 11 is 0. The van der Waals surface area contributed by atoms with E-state index in [4.69, 9.17) is 10.7 Å². The Kier molecular flexibility index (Phi) is 4.21. The first kappa shape index (κ1) is 14.9. The molecule has 122 valence electrons. The Hall–Kier alpha value is -1.61. The summed E-state index contributed by atoms with van der Waals surface area (Å²) < 4.78 is 0. The molecule has 0 spiro atoms. The monoisotopic (exact) mass is 309 g/mol. The first-order valence-corrected chi connectivity index (χ1v) is 9.19. The van der Waals surface area contributed by atoms with Crippen LogP contribution >= 0.6 is 0 Å². The van der Waals surface area contributed by atoms with Crippen LogP contribution in [0, 0.1) is 0 Å². The molecule has 2 fully saturated rings. The lowest BCUT2D eigenvalue weighted by atomic mass is 9.87. The number of likely N-dealkylation sites (tertiary alicyclic amines) is 1. The third kappa shape index (κ3) is 3.07. The molecule has 3 nitrogen and oxygen atoms in total. The summed E-state index contributed by atoms with van der Waals surface area (Å²) in [6, 6.07) is 9.15. The number of pyridine rings is 1. The van der Waals surface area contributed by atoms with Crippen LogP contribution in [0.25, 0.3) is 10.8 Å². The van der Waals surface area contributed by atoms with Gasteiger partial charge >= 0.3 is 0 Å². The van der Waals surface area contributed by atoms with Crippen molar-refractivity contribution < 1.29 is 0 Å². The highest BCUT2D eigenvalue weighted by molar-refractivity contribution is 5.87. The second kappa shape index (κ2) is 6.48. The van der Waals surface area contributed by atoms with Crippen molar-refractivity contribution in [3.8, 4) is 0 Å². The number of fused-ring (bicyclic) bond motifs is 1. The van der Waals surface area contributed by atoms with Gasteiger partial charge in [-0.15, -0.1) is 0 Å². The third-order valence-corrected chi connectivity index (χ3v) is 5.83. The van der Waals surface area contributed by atoms with Crippen LogP contribution in [-0.2, 0) is 0 Å². The van der Waals surface area contributed by atoms with E-state index in [2.05, 4.69) is 23.1 Å². The second-order valence-corrected chi connectivity index (χ2v) is 7.28. The Morgan fingerprint density at radius 2 is 1.74 bits per heavy atom. The Labute approximate surface area is 138 Å². The van der Waals surface area contributed by atoms with Crippen LogP contribution in [0.2, 0.25) is 0 Å². The van der Waals surface area contributed by atoms with E-state index in [9.17, 15) is 0 Å². The quantitative estimate of drug-likeness (QED) is 0.840. The fourth-order valence-corrected chi connectivity index (χ4v) is 4.53. The van der Waals surface area contributed by atoms with Crippen molar-refractivity contribution in [2.45, 2.75) is 56.9 Å². The second-order valence-electron chi connectivity index (χ2n) is 7.28. The van der Waals surface area contributed by atoms with E-state index in [0.29, 0.717) is 5.92 Å². The van der Waals surface area contributed by atoms with Crippen molar-refractivity contribution in [2.24, 2.45) is 0 Å². The van der Waals surface area contributed by atoms with Gasteiger partial charge in [-0.25, -0.2) is 0 Å². The van der Waals surface area contributed by atoms with Crippen molar-refractivity contribution in [1.29, 1.82) is 0 Å². The van der Waals surface area contributed by atoms with E-state index >= 15 is 0 Å². The molecule has 1 aromatic heterocycles. The smallest absolute Gasteiger partial charge is 0.0513 e. The van der Waals surface area contributed by atoms with Gasteiger partial charge in [-0.1, -0.05) is 25.3 Å². The van der Waals surface area contributed by atoms with Crippen LogP contribution in [0.5, 0.6) is 0 Å². The highest BCUT2D eigenvalue weighted by atomic mass is 15.2. The lowest BCUT2D eigenvalue weighted by molar-refractivity contribution is 0.121. The Morgan fingerprint density at radius 3 is 2.52 bits per heavy atom. The molecule has 1 aliphatic heterocycles. The van der Waals surface area contributed by atoms with Crippen molar-refractivity contribution in [2.75, 3.05) is 18.8 Å². The van der Waals surface area contributed by atoms with Crippen LogP contribution in [0.4, 0.5) is 5.69 Å². The van der Waals surface area contributed by atoms with Crippen LogP contribution < -0.4 is 5.73 Å². The van der Waals surface area contributed by atoms with Crippen LogP contribution in [0.1, 0.15) is 56.6 Å². The maximum absolute atomic E-state index is 5.93. The van der Waals surface area contributed by atoms with Gasteiger partial charge in [0.25, 0.3) is 0 Å². The summed E-state index contributed by atoms with van der Waals surface area (Å²) in [7, 11) is 0. The summed E-state index contributed by atoms with van der Waals surface area (Å²) in [4.78, 5) is 7.49. The van der Waals surface area contributed by atoms with Gasteiger partial charge in [-0.05, 0) is 62.4 Å². The zero-order chi connectivity index (χ0) is 15.6. The molecular weight excluding hydrogens is 282 g/mol. The van der Waals surface area contributed by atoms with Crippen LogP contribution in [0.3, 0.4) is 0 Å². The van der Waals surface area contributed by atoms with Gasteiger partial charge in [0.05, 0.1) is 5.69 Å². The van der Waals surface area contributed by atoms with Crippen molar-refractivity contribution in [1.82, 2.24) is 9.88 Å². The van der Waals surface area contributed by atoms with Gasteiger partial charge in [0.2, 0.25) is 0 Å². The molecule has 0 radical (unpaired) electrons. The standard InChI is InChI=1S/C20H27N3/c21-17-6-7-19-16(14-17)8-11-22-20(19)15-9-12-23(13-10-15)18-4-2-1-3-5-18/h6-8,11,14-15,18H,1-5,9-10,12-13,21H2. The molecule has 2 aromatic rings. The molecule has 0 unspecified atom stereocenters. The lowest BCUT2D eigenvalue weighted by Gasteiger charge is -2.39. The van der Waals surface area contributed by atoms with Gasteiger partial charge < -0.3 is 10.6 Å². The third-order valence-electron chi connectivity index (χ3n) is 5.83. The normalized spacial score (nSPS) is 21.7. The highest BCUT2D eigenvalue weighted by Crippen LogP contribution is 2.34.